The number of carbonyl (C=O) groups is 1. The first-order valence-corrected chi connectivity index (χ1v) is 12.7. The second-order valence-corrected chi connectivity index (χ2v) is 9.74. The fourth-order valence-corrected chi connectivity index (χ4v) is 5.07. The van der Waals surface area contributed by atoms with E-state index >= 15 is 0 Å². The van der Waals surface area contributed by atoms with Crippen molar-refractivity contribution in [2.24, 2.45) is 4.99 Å². The van der Waals surface area contributed by atoms with Crippen molar-refractivity contribution in [3.8, 4) is 11.5 Å². The molecule has 188 valence electrons. The Morgan fingerprint density at radius 1 is 1.17 bits per heavy atom. The summed E-state index contributed by atoms with van der Waals surface area (Å²) < 4.78 is 18.7. The highest BCUT2D eigenvalue weighted by Gasteiger charge is 2.34. The van der Waals surface area contributed by atoms with Crippen LogP contribution in [0.5, 0.6) is 11.5 Å². The van der Waals surface area contributed by atoms with Gasteiger partial charge in [0.1, 0.15) is 11.5 Å². The number of nitrogens with zero attached hydrogens (tertiary/aromatic N) is 2. The SMILES string of the molecule is CCCOc1ccc(/C=c2/sc3n(c2=O)[C@H](c2cccc(OC)c2)C(C(=O)OC(C)C)=C(C)N=3)cc1. The maximum absolute atomic E-state index is 13.7. The lowest BCUT2D eigenvalue weighted by Gasteiger charge is -2.25. The molecular formula is C28H30N2O5S. The van der Waals surface area contributed by atoms with Gasteiger partial charge in [-0.05, 0) is 68.7 Å². The van der Waals surface area contributed by atoms with E-state index in [9.17, 15) is 9.59 Å². The number of fused-ring (bicyclic) bond motifs is 1. The predicted molar refractivity (Wildman–Crippen MR) is 140 cm³/mol. The lowest BCUT2D eigenvalue weighted by molar-refractivity contribution is -0.143. The Morgan fingerprint density at radius 2 is 1.92 bits per heavy atom. The highest BCUT2D eigenvalue weighted by atomic mass is 32.1. The molecule has 8 heteroatoms. The van der Waals surface area contributed by atoms with Crippen LogP contribution in [-0.2, 0) is 9.53 Å². The van der Waals surface area contributed by atoms with Crippen LogP contribution in [0.15, 0.2) is 69.6 Å². The molecule has 0 radical (unpaired) electrons. The highest BCUT2D eigenvalue weighted by molar-refractivity contribution is 7.07. The molecule has 0 aliphatic carbocycles. The van der Waals surface area contributed by atoms with E-state index in [4.69, 9.17) is 14.2 Å². The van der Waals surface area contributed by atoms with Crippen molar-refractivity contribution in [2.45, 2.75) is 46.3 Å². The first kappa shape index (κ1) is 25.4. The summed E-state index contributed by atoms with van der Waals surface area (Å²) >= 11 is 1.29. The summed E-state index contributed by atoms with van der Waals surface area (Å²) in [5, 5.41) is 0. The Labute approximate surface area is 214 Å². The predicted octanol–water partition coefficient (Wildman–Crippen LogP) is 3.98. The number of hydrogen-bond donors (Lipinski definition) is 0. The summed E-state index contributed by atoms with van der Waals surface area (Å²) in [6, 6.07) is 14.3. The summed E-state index contributed by atoms with van der Waals surface area (Å²) in [6.45, 7) is 8.08. The average molecular weight is 507 g/mol. The van der Waals surface area contributed by atoms with E-state index in [0.717, 1.165) is 23.3 Å². The van der Waals surface area contributed by atoms with Gasteiger partial charge >= 0.3 is 5.97 Å². The molecule has 2 heterocycles. The van der Waals surface area contributed by atoms with E-state index in [-0.39, 0.29) is 11.7 Å². The van der Waals surface area contributed by atoms with Crippen LogP contribution >= 0.6 is 11.3 Å². The van der Waals surface area contributed by atoms with Gasteiger partial charge in [-0.2, -0.15) is 0 Å². The van der Waals surface area contributed by atoms with Crippen LogP contribution in [0.2, 0.25) is 0 Å². The second kappa shape index (κ2) is 11.0. The maximum Gasteiger partial charge on any atom is 0.338 e. The summed E-state index contributed by atoms with van der Waals surface area (Å²) in [6.07, 6.45) is 2.46. The minimum atomic E-state index is -0.686. The Morgan fingerprint density at radius 3 is 2.58 bits per heavy atom. The third-order valence-corrected chi connectivity index (χ3v) is 6.63. The van der Waals surface area contributed by atoms with Gasteiger partial charge in [-0.15, -0.1) is 0 Å². The summed E-state index contributed by atoms with van der Waals surface area (Å²) in [5.41, 5.74) is 2.26. The molecule has 1 aromatic heterocycles. The minimum absolute atomic E-state index is 0.222. The third-order valence-electron chi connectivity index (χ3n) is 5.64. The largest absolute Gasteiger partial charge is 0.497 e. The van der Waals surface area contributed by atoms with Crippen molar-refractivity contribution in [3.63, 3.8) is 0 Å². The molecule has 0 unspecified atom stereocenters. The number of ether oxygens (including phenoxy) is 3. The normalized spacial score (nSPS) is 15.5. The molecule has 2 aromatic carbocycles. The zero-order valence-electron chi connectivity index (χ0n) is 21.1. The smallest absolute Gasteiger partial charge is 0.338 e. The van der Waals surface area contributed by atoms with Gasteiger partial charge in [0, 0.05) is 0 Å². The van der Waals surface area contributed by atoms with E-state index in [1.165, 1.54) is 11.3 Å². The van der Waals surface area contributed by atoms with Crippen molar-refractivity contribution in [2.75, 3.05) is 13.7 Å². The molecule has 1 atom stereocenters. The molecular weight excluding hydrogens is 476 g/mol. The first-order chi connectivity index (χ1) is 17.3. The van der Waals surface area contributed by atoms with Crippen LogP contribution in [0, 0.1) is 0 Å². The van der Waals surface area contributed by atoms with Crippen LogP contribution in [0.1, 0.15) is 51.3 Å². The van der Waals surface area contributed by atoms with Crippen molar-refractivity contribution in [3.05, 3.63) is 90.6 Å². The number of methoxy groups -OCH3 is 1. The zero-order chi connectivity index (χ0) is 25.8. The van der Waals surface area contributed by atoms with Crippen LogP contribution in [0.25, 0.3) is 6.08 Å². The number of thiazole rings is 1. The van der Waals surface area contributed by atoms with Crippen LogP contribution < -0.4 is 24.4 Å². The fraction of sp³-hybridized carbons (Fsp3) is 0.321. The Hall–Kier alpha value is -3.65. The number of hydrogen-bond acceptors (Lipinski definition) is 7. The highest BCUT2D eigenvalue weighted by Crippen LogP contribution is 2.32. The van der Waals surface area contributed by atoms with Gasteiger partial charge < -0.3 is 14.2 Å². The Bertz CT molecular complexity index is 1460. The number of carbonyl (C=O) groups excluding carboxylic acids is 1. The van der Waals surface area contributed by atoms with Crippen LogP contribution in [0.3, 0.4) is 0 Å². The molecule has 0 saturated heterocycles. The Kier molecular flexibility index (Phi) is 7.74. The van der Waals surface area contributed by atoms with Crippen molar-refractivity contribution in [1.29, 1.82) is 0 Å². The third kappa shape index (κ3) is 5.28. The average Bonchev–Trinajstić information content (AvgIpc) is 3.16. The van der Waals surface area contributed by atoms with Crippen molar-refractivity contribution >= 4 is 23.4 Å². The second-order valence-electron chi connectivity index (χ2n) is 8.73. The quantitative estimate of drug-likeness (QED) is 0.432. The molecule has 0 saturated carbocycles. The lowest BCUT2D eigenvalue weighted by atomic mass is 9.95. The van der Waals surface area contributed by atoms with Gasteiger partial charge in [-0.3, -0.25) is 9.36 Å². The molecule has 0 bridgehead atoms. The van der Waals surface area contributed by atoms with Gasteiger partial charge in [0.05, 0.1) is 41.7 Å². The van der Waals surface area contributed by atoms with Gasteiger partial charge in [0.15, 0.2) is 4.80 Å². The summed E-state index contributed by atoms with van der Waals surface area (Å²) in [7, 11) is 1.58. The van der Waals surface area contributed by atoms with E-state index in [0.29, 0.717) is 33.0 Å². The first-order valence-electron chi connectivity index (χ1n) is 11.9. The molecule has 1 aliphatic heterocycles. The van der Waals surface area contributed by atoms with E-state index < -0.39 is 12.0 Å². The number of benzene rings is 2. The molecule has 3 aromatic rings. The van der Waals surface area contributed by atoms with E-state index in [1.54, 1.807) is 32.4 Å². The van der Waals surface area contributed by atoms with Gasteiger partial charge in [0.25, 0.3) is 5.56 Å². The van der Waals surface area contributed by atoms with Gasteiger partial charge in [-0.25, -0.2) is 9.79 Å². The van der Waals surface area contributed by atoms with E-state index in [1.807, 2.05) is 54.6 Å². The molecule has 36 heavy (non-hydrogen) atoms. The molecule has 4 rings (SSSR count). The number of rotatable bonds is 8. The van der Waals surface area contributed by atoms with Crippen molar-refractivity contribution in [1.82, 2.24) is 4.57 Å². The molecule has 0 spiro atoms. The topological polar surface area (TPSA) is 79.1 Å². The molecule has 0 fully saturated rings. The fourth-order valence-electron chi connectivity index (χ4n) is 4.02. The van der Waals surface area contributed by atoms with Gasteiger partial charge in [0.2, 0.25) is 0 Å². The van der Waals surface area contributed by atoms with Gasteiger partial charge in [-0.1, -0.05) is 42.5 Å². The number of allylic oxidation sites excluding steroid dienone is 1. The summed E-state index contributed by atoms with van der Waals surface area (Å²) in [4.78, 5) is 32.1. The molecule has 7 nitrogen and oxygen atoms in total. The van der Waals surface area contributed by atoms with E-state index in [2.05, 4.69) is 11.9 Å². The number of aromatic nitrogens is 1. The minimum Gasteiger partial charge on any atom is -0.497 e. The monoisotopic (exact) mass is 506 g/mol. The molecule has 0 amide bonds. The van der Waals surface area contributed by atoms with Crippen LogP contribution in [0.4, 0.5) is 0 Å². The zero-order valence-corrected chi connectivity index (χ0v) is 21.9. The summed E-state index contributed by atoms with van der Waals surface area (Å²) in [5.74, 6) is 0.930. The Balaban J connectivity index is 1.85. The standard InChI is InChI=1S/C28H30N2O5S/c1-6-14-34-21-12-10-19(11-13-21)15-23-26(31)30-25(20-8-7-9-22(16-20)33-5)24(27(32)35-17(2)3)18(4)29-28(30)36-23/h7-13,15-17,25H,6,14H2,1-5H3/b23-15+/t25-/m1/s1. The number of esters is 1. The lowest BCUT2D eigenvalue weighted by Crippen LogP contribution is -2.40. The molecule has 0 N–H and O–H groups in total. The molecule has 1 aliphatic rings. The van der Waals surface area contributed by atoms with Crippen molar-refractivity contribution < 1.29 is 19.0 Å². The maximum atomic E-state index is 13.7. The van der Waals surface area contributed by atoms with Crippen LogP contribution in [-0.4, -0.2) is 30.4 Å².